The van der Waals surface area contributed by atoms with Gasteiger partial charge in [-0.05, 0) is 24.3 Å². The minimum atomic E-state index is 0.603. The number of rotatable bonds is 3. The number of nitrogens with one attached hydrogen (secondary N) is 1. The molecule has 0 radical (unpaired) electrons. The zero-order valence-corrected chi connectivity index (χ0v) is 9.03. The molecule has 0 saturated heterocycles. The average molecular weight is 189 g/mol. The average Bonchev–Trinajstić information content (AvgIpc) is 2.14. The predicted molar refractivity (Wildman–Crippen MR) is 60.5 cm³/mol. The molecule has 1 heteroatoms. The summed E-state index contributed by atoms with van der Waals surface area (Å²) in [5, 5.41) is 3.63. The molecule has 14 heavy (non-hydrogen) atoms. The molecule has 0 aliphatic heterocycles. The summed E-state index contributed by atoms with van der Waals surface area (Å²) in [5.74, 6) is 0.749. The maximum absolute atomic E-state index is 3.63. The third-order valence-corrected chi connectivity index (χ3v) is 3.05. The second-order valence-corrected chi connectivity index (χ2v) is 4.52. The van der Waals surface area contributed by atoms with Gasteiger partial charge in [0, 0.05) is 12.1 Å². The Kier molecular flexibility index (Phi) is 2.87. The number of hydrogen-bond donors (Lipinski definition) is 1. The lowest BCUT2D eigenvalue weighted by Gasteiger charge is -2.39. The van der Waals surface area contributed by atoms with Gasteiger partial charge in [-0.3, -0.25) is 0 Å². The highest BCUT2D eigenvalue weighted by Gasteiger charge is 2.31. The van der Waals surface area contributed by atoms with E-state index in [-0.39, 0.29) is 0 Å². The monoisotopic (exact) mass is 189 g/mol. The van der Waals surface area contributed by atoms with E-state index in [1.807, 2.05) is 0 Å². The Hall–Kier alpha value is -0.820. The van der Waals surface area contributed by atoms with Crippen LogP contribution >= 0.6 is 0 Å². The van der Waals surface area contributed by atoms with Crippen LogP contribution in [0.25, 0.3) is 0 Å². The van der Waals surface area contributed by atoms with Gasteiger partial charge in [0.15, 0.2) is 0 Å². The van der Waals surface area contributed by atoms with E-state index >= 15 is 0 Å². The van der Waals surface area contributed by atoms with Crippen molar-refractivity contribution in [1.29, 1.82) is 0 Å². The Morgan fingerprint density at radius 2 is 1.86 bits per heavy atom. The molecule has 0 aromatic heterocycles. The first-order valence-electron chi connectivity index (χ1n) is 5.58. The summed E-state index contributed by atoms with van der Waals surface area (Å²) < 4.78 is 0. The molecule has 1 N–H and O–H groups in total. The Labute approximate surface area is 86.5 Å². The second-order valence-electron chi connectivity index (χ2n) is 4.52. The molecule has 76 valence electrons. The first-order chi connectivity index (χ1) is 6.77. The van der Waals surface area contributed by atoms with Crippen LogP contribution in [0.15, 0.2) is 30.3 Å². The van der Waals surface area contributed by atoms with E-state index in [1.54, 1.807) is 0 Å². The standard InChI is InChI=1S/C13H19N/c1-10(2)14-13-9-8-12(13)11-6-4-3-5-7-11/h3-7,10,12-14H,8-9H2,1-2H3. The van der Waals surface area contributed by atoms with Gasteiger partial charge in [-0.1, -0.05) is 44.2 Å². The van der Waals surface area contributed by atoms with E-state index in [4.69, 9.17) is 0 Å². The molecule has 0 amide bonds. The third-order valence-electron chi connectivity index (χ3n) is 3.05. The molecule has 1 aliphatic rings. The first-order valence-corrected chi connectivity index (χ1v) is 5.58. The lowest BCUT2D eigenvalue weighted by Crippen LogP contribution is -2.45. The van der Waals surface area contributed by atoms with Crippen molar-refractivity contribution in [3.63, 3.8) is 0 Å². The summed E-state index contributed by atoms with van der Waals surface area (Å²) >= 11 is 0. The summed E-state index contributed by atoms with van der Waals surface area (Å²) in [5.41, 5.74) is 1.50. The zero-order valence-electron chi connectivity index (χ0n) is 9.03. The van der Waals surface area contributed by atoms with E-state index in [0.29, 0.717) is 12.1 Å². The quantitative estimate of drug-likeness (QED) is 0.771. The van der Waals surface area contributed by atoms with Crippen LogP contribution < -0.4 is 5.32 Å². The van der Waals surface area contributed by atoms with Crippen molar-refractivity contribution < 1.29 is 0 Å². The van der Waals surface area contributed by atoms with Crippen molar-refractivity contribution in [3.8, 4) is 0 Å². The smallest absolute Gasteiger partial charge is 0.0138 e. The van der Waals surface area contributed by atoms with Gasteiger partial charge in [0.2, 0.25) is 0 Å². The van der Waals surface area contributed by atoms with E-state index in [9.17, 15) is 0 Å². The van der Waals surface area contributed by atoms with Crippen LogP contribution in [0.3, 0.4) is 0 Å². The van der Waals surface area contributed by atoms with Gasteiger partial charge >= 0.3 is 0 Å². The Balaban J connectivity index is 2.00. The highest BCUT2D eigenvalue weighted by molar-refractivity contribution is 5.24. The topological polar surface area (TPSA) is 12.0 Å². The van der Waals surface area contributed by atoms with Gasteiger partial charge in [-0.2, -0.15) is 0 Å². The largest absolute Gasteiger partial charge is 0.311 e. The maximum atomic E-state index is 3.63. The molecular formula is C13H19N. The summed E-state index contributed by atoms with van der Waals surface area (Å²) in [4.78, 5) is 0. The van der Waals surface area contributed by atoms with E-state index in [2.05, 4.69) is 49.5 Å². The van der Waals surface area contributed by atoms with E-state index in [0.717, 1.165) is 5.92 Å². The Morgan fingerprint density at radius 3 is 2.36 bits per heavy atom. The molecule has 1 aromatic carbocycles. The lowest BCUT2D eigenvalue weighted by molar-refractivity contribution is 0.268. The number of hydrogen-bond acceptors (Lipinski definition) is 1. The van der Waals surface area contributed by atoms with Crippen LogP contribution in [0.2, 0.25) is 0 Å². The number of benzene rings is 1. The predicted octanol–water partition coefficient (Wildman–Crippen LogP) is 2.93. The highest BCUT2D eigenvalue weighted by atomic mass is 15.0. The minimum Gasteiger partial charge on any atom is -0.311 e. The lowest BCUT2D eigenvalue weighted by atomic mass is 9.75. The molecule has 0 heterocycles. The summed E-state index contributed by atoms with van der Waals surface area (Å²) in [6, 6.07) is 12.2. The van der Waals surface area contributed by atoms with Crippen molar-refractivity contribution in [1.82, 2.24) is 5.32 Å². The molecule has 0 spiro atoms. The van der Waals surface area contributed by atoms with Crippen molar-refractivity contribution >= 4 is 0 Å². The van der Waals surface area contributed by atoms with Crippen LogP contribution in [0, 0.1) is 0 Å². The van der Waals surface area contributed by atoms with Crippen molar-refractivity contribution in [2.24, 2.45) is 0 Å². The molecule has 1 nitrogen and oxygen atoms in total. The van der Waals surface area contributed by atoms with Crippen LogP contribution in [-0.4, -0.2) is 12.1 Å². The molecule has 1 fully saturated rings. The van der Waals surface area contributed by atoms with Crippen LogP contribution in [0.4, 0.5) is 0 Å². The Bertz CT molecular complexity index is 279. The van der Waals surface area contributed by atoms with Gasteiger partial charge in [-0.15, -0.1) is 0 Å². The SMILES string of the molecule is CC(C)NC1CCC1c1ccccc1. The van der Waals surface area contributed by atoms with Gasteiger partial charge in [0.1, 0.15) is 0 Å². The maximum Gasteiger partial charge on any atom is 0.0138 e. The molecule has 2 unspecified atom stereocenters. The Morgan fingerprint density at radius 1 is 1.14 bits per heavy atom. The van der Waals surface area contributed by atoms with Crippen LogP contribution in [0.5, 0.6) is 0 Å². The summed E-state index contributed by atoms with van der Waals surface area (Å²) in [7, 11) is 0. The summed E-state index contributed by atoms with van der Waals surface area (Å²) in [6.07, 6.45) is 2.67. The molecule has 1 aromatic rings. The van der Waals surface area contributed by atoms with Gasteiger partial charge in [0.05, 0.1) is 0 Å². The molecule has 1 saturated carbocycles. The third kappa shape index (κ3) is 1.98. The second kappa shape index (κ2) is 4.14. The van der Waals surface area contributed by atoms with Crippen LogP contribution in [-0.2, 0) is 0 Å². The fraction of sp³-hybridized carbons (Fsp3) is 0.538. The highest BCUT2D eigenvalue weighted by Crippen LogP contribution is 2.36. The van der Waals surface area contributed by atoms with Gasteiger partial charge in [-0.25, -0.2) is 0 Å². The van der Waals surface area contributed by atoms with Crippen molar-refractivity contribution in [2.75, 3.05) is 0 Å². The molecular weight excluding hydrogens is 170 g/mol. The molecule has 1 aliphatic carbocycles. The molecule has 0 bridgehead atoms. The van der Waals surface area contributed by atoms with Crippen molar-refractivity contribution in [2.45, 2.75) is 44.7 Å². The van der Waals surface area contributed by atoms with Crippen molar-refractivity contribution in [3.05, 3.63) is 35.9 Å². The van der Waals surface area contributed by atoms with Crippen LogP contribution in [0.1, 0.15) is 38.2 Å². The fourth-order valence-electron chi connectivity index (χ4n) is 2.23. The van der Waals surface area contributed by atoms with Gasteiger partial charge < -0.3 is 5.32 Å². The first kappa shape index (κ1) is 9.72. The molecule has 2 rings (SSSR count). The van der Waals surface area contributed by atoms with E-state index < -0.39 is 0 Å². The summed E-state index contributed by atoms with van der Waals surface area (Å²) in [6.45, 7) is 4.45. The molecule has 2 atom stereocenters. The minimum absolute atomic E-state index is 0.603. The van der Waals surface area contributed by atoms with E-state index in [1.165, 1.54) is 18.4 Å². The normalized spacial score (nSPS) is 26.2. The fourth-order valence-corrected chi connectivity index (χ4v) is 2.23. The zero-order chi connectivity index (χ0) is 9.97. The van der Waals surface area contributed by atoms with Gasteiger partial charge in [0.25, 0.3) is 0 Å².